The van der Waals surface area contributed by atoms with Gasteiger partial charge in [-0.3, -0.25) is 0 Å². The summed E-state index contributed by atoms with van der Waals surface area (Å²) >= 11 is 0. The largest absolute Gasteiger partial charge is 0.424 e. The lowest BCUT2D eigenvalue weighted by Crippen LogP contribution is -2.45. The fraction of sp³-hybridized carbons (Fsp3) is 0.417. The van der Waals surface area contributed by atoms with Crippen molar-refractivity contribution in [2.24, 2.45) is 0 Å². The molecule has 92 valence electrons. The Balaban J connectivity index is 2.28. The van der Waals surface area contributed by atoms with Crippen molar-refractivity contribution in [3.05, 3.63) is 24.3 Å². The number of aliphatic hydroxyl groups is 2. The van der Waals surface area contributed by atoms with E-state index in [0.29, 0.717) is 18.0 Å². The van der Waals surface area contributed by atoms with Crippen molar-refractivity contribution in [2.75, 3.05) is 18.5 Å². The van der Waals surface area contributed by atoms with Crippen LogP contribution in [0.25, 0.3) is 11.1 Å². The van der Waals surface area contributed by atoms with Gasteiger partial charge in [0.15, 0.2) is 5.58 Å². The fourth-order valence-corrected chi connectivity index (χ4v) is 1.59. The van der Waals surface area contributed by atoms with Crippen molar-refractivity contribution in [3.8, 4) is 0 Å². The number of anilines is 1. The molecule has 0 spiro atoms. The molecule has 1 heterocycles. The molecule has 0 aliphatic carbocycles. The number of aromatic nitrogens is 1. The zero-order chi connectivity index (χ0) is 12.3. The molecule has 5 heteroatoms. The van der Waals surface area contributed by atoms with Crippen molar-refractivity contribution in [1.29, 1.82) is 0 Å². The summed E-state index contributed by atoms with van der Waals surface area (Å²) in [5.74, 6) is 0. The van der Waals surface area contributed by atoms with Gasteiger partial charge in [-0.2, -0.15) is 4.98 Å². The lowest BCUT2D eigenvalue weighted by Gasteiger charge is -2.28. The maximum absolute atomic E-state index is 9.32. The van der Waals surface area contributed by atoms with Crippen LogP contribution in [-0.2, 0) is 0 Å². The monoisotopic (exact) mass is 236 g/mol. The fourth-order valence-electron chi connectivity index (χ4n) is 1.59. The molecule has 1 aromatic carbocycles. The van der Waals surface area contributed by atoms with Crippen LogP contribution >= 0.6 is 0 Å². The maximum Gasteiger partial charge on any atom is 0.296 e. The molecule has 17 heavy (non-hydrogen) atoms. The molecule has 0 fully saturated rings. The van der Waals surface area contributed by atoms with E-state index in [9.17, 15) is 10.2 Å². The summed E-state index contributed by atoms with van der Waals surface area (Å²) in [6.45, 7) is 1.51. The zero-order valence-corrected chi connectivity index (χ0v) is 9.68. The van der Waals surface area contributed by atoms with Crippen LogP contribution in [0.3, 0.4) is 0 Å². The van der Waals surface area contributed by atoms with E-state index in [1.165, 1.54) is 0 Å². The Morgan fingerprint density at radius 3 is 2.59 bits per heavy atom. The summed E-state index contributed by atoms with van der Waals surface area (Å²) in [7, 11) is 0. The number of aliphatic hydroxyl groups excluding tert-OH is 2. The predicted molar refractivity (Wildman–Crippen MR) is 64.8 cm³/mol. The average molecular weight is 236 g/mol. The standard InChI is InChI=1S/C12H16N2O3/c1-2-12(7-15,8-16)14-11-13-9-5-3-4-6-10(9)17-11/h3-6,15-16H,2,7-8H2,1H3,(H,13,14). The molecule has 0 saturated carbocycles. The summed E-state index contributed by atoms with van der Waals surface area (Å²) in [6, 6.07) is 7.72. The molecule has 0 atom stereocenters. The van der Waals surface area contributed by atoms with Gasteiger partial charge in [-0.25, -0.2) is 0 Å². The molecule has 0 amide bonds. The van der Waals surface area contributed by atoms with Crippen molar-refractivity contribution in [3.63, 3.8) is 0 Å². The van der Waals surface area contributed by atoms with Crippen LogP contribution < -0.4 is 5.32 Å². The van der Waals surface area contributed by atoms with Crippen molar-refractivity contribution >= 4 is 17.1 Å². The van der Waals surface area contributed by atoms with Gasteiger partial charge < -0.3 is 19.9 Å². The van der Waals surface area contributed by atoms with Crippen LogP contribution in [0.15, 0.2) is 28.7 Å². The molecule has 0 bridgehead atoms. The molecule has 0 aliphatic heterocycles. The molecule has 0 radical (unpaired) electrons. The molecule has 1 aromatic heterocycles. The minimum atomic E-state index is -0.791. The second kappa shape index (κ2) is 4.73. The molecule has 3 N–H and O–H groups in total. The smallest absolute Gasteiger partial charge is 0.296 e. The number of benzene rings is 1. The topological polar surface area (TPSA) is 78.5 Å². The molecule has 0 unspecified atom stereocenters. The van der Waals surface area contributed by atoms with E-state index < -0.39 is 5.54 Å². The van der Waals surface area contributed by atoms with E-state index in [2.05, 4.69) is 10.3 Å². The highest BCUT2D eigenvalue weighted by atomic mass is 16.4. The molecule has 2 aromatic rings. The lowest BCUT2D eigenvalue weighted by molar-refractivity contribution is 0.130. The Labute approximate surface area is 99.1 Å². The molecule has 5 nitrogen and oxygen atoms in total. The van der Waals surface area contributed by atoms with Gasteiger partial charge in [0, 0.05) is 0 Å². The zero-order valence-electron chi connectivity index (χ0n) is 9.68. The van der Waals surface area contributed by atoms with E-state index in [-0.39, 0.29) is 13.2 Å². The number of hydrogen-bond acceptors (Lipinski definition) is 5. The quantitative estimate of drug-likeness (QED) is 0.730. The van der Waals surface area contributed by atoms with Gasteiger partial charge in [-0.05, 0) is 18.6 Å². The number of para-hydroxylation sites is 2. The third-order valence-corrected chi connectivity index (χ3v) is 2.95. The molecular formula is C12H16N2O3. The molecular weight excluding hydrogens is 220 g/mol. The summed E-state index contributed by atoms with van der Waals surface area (Å²) in [5, 5.41) is 21.6. The Bertz CT molecular complexity index is 450. The summed E-state index contributed by atoms with van der Waals surface area (Å²) in [5.41, 5.74) is 0.632. The van der Waals surface area contributed by atoms with E-state index in [0.717, 1.165) is 5.52 Å². The Morgan fingerprint density at radius 1 is 1.29 bits per heavy atom. The highest BCUT2D eigenvalue weighted by Crippen LogP contribution is 2.22. The van der Waals surface area contributed by atoms with Crippen LogP contribution in [0.5, 0.6) is 0 Å². The van der Waals surface area contributed by atoms with E-state index in [1.54, 1.807) is 0 Å². The first kappa shape index (κ1) is 11.9. The number of hydrogen-bond donors (Lipinski definition) is 3. The highest BCUT2D eigenvalue weighted by Gasteiger charge is 2.28. The number of oxazole rings is 1. The van der Waals surface area contributed by atoms with E-state index >= 15 is 0 Å². The van der Waals surface area contributed by atoms with Crippen molar-refractivity contribution in [2.45, 2.75) is 18.9 Å². The Morgan fingerprint density at radius 2 is 2.00 bits per heavy atom. The van der Waals surface area contributed by atoms with Crippen molar-refractivity contribution < 1.29 is 14.6 Å². The highest BCUT2D eigenvalue weighted by molar-refractivity contribution is 5.74. The lowest BCUT2D eigenvalue weighted by atomic mass is 9.99. The van der Waals surface area contributed by atoms with Gasteiger partial charge in [-0.15, -0.1) is 0 Å². The van der Waals surface area contributed by atoms with Crippen LogP contribution in [0.1, 0.15) is 13.3 Å². The van der Waals surface area contributed by atoms with Gasteiger partial charge in [0.1, 0.15) is 5.52 Å². The molecule has 0 saturated heterocycles. The third-order valence-electron chi connectivity index (χ3n) is 2.95. The Hall–Kier alpha value is -1.59. The van der Waals surface area contributed by atoms with Crippen LogP contribution in [0, 0.1) is 0 Å². The third kappa shape index (κ3) is 2.25. The summed E-state index contributed by atoms with van der Waals surface area (Å²) in [4.78, 5) is 4.24. The number of nitrogens with one attached hydrogen (secondary N) is 1. The average Bonchev–Trinajstić information content (AvgIpc) is 2.78. The van der Waals surface area contributed by atoms with Gasteiger partial charge in [0.2, 0.25) is 0 Å². The predicted octanol–water partition coefficient (Wildman–Crippen LogP) is 1.37. The van der Waals surface area contributed by atoms with Crippen LogP contribution in [-0.4, -0.2) is 33.9 Å². The first-order chi connectivity index (χ1) is 8.23. The number of rotatable bonds is 5. The van der Waals surface area contributed by atoms with Crippen LogP contribution in [0.2, 0.25) is 0 Å². The Kier molecular flexibility index (Phi) is 3.31. The van der Waals surface area contributed by atoms with Crippen molar-refractivity contribution in [1.82, 2.24) is 4.98 Å². The molecule has 0 aliphatic rings. The minimum Gasteiger partial charge on any atom is -0.424 e. The van der Waals surface area contributed by atoms with Gasteiger partial charge in [-0.1, -0.05) is 19.1 Å². The van der Waals surface area contributed by atoms with E-state index in [1.807, 2.05) is 31.2 Å². The first-order valence-electron chi connectivity index (χ1n) is 5.58. The summed E-state index contributed by atoms with van der Waals surface area (Å²) < 4.78 is 5.48. The summed E-state index contributed by atoms with van der Waals surface area (Å²) in [6.07, 6.45) is 0.568. The SMILES string of the molecule is CCC(CO)(CO)Nc1nc2ccccc2o1. The minimum absolute atomic E-state index is 0.182. The second-order valence-electron chi connectivity index (χ2n) is 4.06. The van der Waals surface area contributed by atoms with Gasteiger partial charge in [0.25, 0.3) is 6.01 Å². The first-order valence-corrected chi connectivity index (χ1v) is 5.58. The van der Waals surface area contributed by atoms with Crippen LogP contribution in [0.4, 0.5) is 6.01 Å². The second-order valence-corrected chi connectivity index (χ2v) is 4.06. The molecule has 2 rings (SSSR count). The van der Waals surface area contributed by atoms with Gasteiger partial charge in [0.05, 0.1) is 18.8 Å². The maximum atomic E-state index is 9.32. The van der Waals surface area contributed by atoms with E-state index in [4.69, 9.17) is 4.42 Å². The number of fused-ring (bicyclic) bond motifs is 1. The number of nitrogens with zero attached hydrogens (tertiary/aromatic N) is 1. The normalized spacial score (nSPS) is 11.9. The van der Waals surface area contributed by atoms with Gasteiger partial charge >= 0.3 is 0 Å².